The molecule has 0 radical (unpaired) electrons. The molecule has 128 valence electrons. The number of aryl methyl sites for hydroxylation is 1. The average molecular weight is 358 g/mol. The summed E-state index contributed by atoms with van der Waals surface area (Å²) in [6.45, 7) is 2.02. The molecule has 0 saturated carbocycles. The van der Waals surface area contributed by atoms with Crippen LogP contribution in [-0.2, 0) is 0 Å². The number of furan rings is 1. The Labute approximate surface area is 146 Å². The molecular formula is C18H14O6S. The quantitative estimate of drug-likeness (QED) is 0.702. The van der Waals surface area contributed by atoms with Crippen LogP contribution in [0.4, 0.5) is 0 Å². The molecule has 0 bridgehead atoms. The van der Waals surface area contributed by atoms with Gasteiger partial charge in [-0.2, -0.15) is 0 Å². The number of carboxylic acid groups (broad SMARTS) is 2. The number of hydrogen-bond acceptors (Lipinski definition) is 5. The van der Waals surface area contributed by atoms with E-state index in [-0.39, 0.29) is 11.3 Å². The molecule has 2 aromatic heterocycles. The van der Waals surface area contributed by atoms with Crippen LogP contribution in [-0.4, -0.2) is 29.3 Å². The maximum Gasteiger partial charge on any atom is 0.375 e. The van der Waals surface area contributed by atoms with Gasteiger partial charge in [0.15, 0.2) is 5.75 Å². The van der Waals surface area contributed by atoms with Crippen LogP contribution in [0.3, 0.4) is 0 Å². The van der Waals surface area contributed by atoms with E-state index < -0.39 is 23.5 Å². The van der Waals surface area contributed by atoms with Crippen molar-refractivity contribution in [3.63, 3.8) is 0 Å². The van der Waals surface area contributed by atoms with Crippen LogP contribution >= 0.6 is 11.3 Å². The Morgan fingerprint density at radius 2 is 1.56 bits per heavy atom. The minimum absolute atomic E-state index is 0.107. The number of carbonyl (C=O) groups is 2. The molecule has 0 saturated heterocycles. The third kappa shape index (κ3) is 3.01. The topological polar surface area (TPSA) is 97.0 Å². The van der Waals surface area contributed by atoms with Crippen molar-refractivity contribution in [2.24, 2.45) is 0 Å². The Hall–Kier alpha value is -3.06. The van der Waals surface area contributed by atoms with E-state index in [1.165, 1.54) is 12.0 Å². The smallest absolute Gasteiger partial charge is 0.375 e. The number of hydrogen-bond donors (Lipinski definition) is 2. The first-order valence-electron chi connectivity index (χ1n) is 7.27. The molecule has 25 heavy (non-hydrogen) atoms. The van der Waals surface area contributed by atoms with E-state index in [2.05, 4.69) is 0 Å². The van der Waals surface area contributed by atoms with E-state index in [1.807, 2.05) is 31.2 Å². The second-order valence-electron chi connectivity index (χ2n) is 5.27. The van der Waals surface area contributed by atoms with Gasteiger partial charge in [0.25, 0.3) is 5.76 Å². The lowest BCUT2D eigenvalue weighted by Crippen LogP contribution is -1.97. The number of aromatic carboxylic acids is 2. The van der Waals surface area contributed by atoms with Crippen molar-refractivity contribution in [1.29, 1.82) is 0 Å². The van der Waals surface area contributed by atoms with Crippen LogP contribution in [0.1, 0.15) is 26.0 Å². The normalized spacial score (nSPS) is 10.6. The molecule has 0 spiro atoms. The van der Waals surface area contributed by atoms with Crippen molar-refractivity contribution in [1.82, 2.24) is 0 Å². The van der Waals surface area contributed by atoms with Gasteiger partial charge in [-0.3, -0.25) is 0 Å². The number of carboxylic acids is 2. The molecule has 0 atom stereocenters. The van der Waals surface area contributed by atoms with Gasteiger partial charge in [-0.25, -0.2) is 9.59 Å². The zero-order chi connectivity index (χ0) is 18.1. The van der Waals surface area contributed by atoms with Crippen molar-refractivity contribution in [2.45, 2.75) is 6.92 Å². The second-order valence-corrected chi connectivity index (χ2v) is 6.55. The molecule has 1 aromatic carbocycles. The SMILES string of the molecule is COc1c(C(=O)O)oc(C(=O)O)c1-c1ccc(-c2ccc(C)s2)cc1. The minimum Gasteiger partial charge on any atom is -0.492 e. The first kappa shape index (κ1) is 16.8. The van der Waals surface area contributed by atoms with Crippen LogP contribution in [0, 0.1) is 6.92 Å². The summed E-state index contributed by atoms with van der Waals surface area (Å²) in [7, 11) is 1.27. The molecule has 0 aliphatic carbocycles. The summed E-state index contributed by atoms with van der Waals surface area (Å²) >= 11 is 1.65. The van der Waals surface area contributed by atoms with Gasteiger partial charge in [0.2, 0.25) is 5.76 Å². The molecule has 3 rings (SSSR count). The lowest BCUT2D eigenvalue weighted by molar-refractivity contribution is 0.0630. The van der Waals surface area contributed by atoms with Gasteiger partial charge < -0.3 is 19.4 Å². The molecular weight excluding hydrogens is 344 g/mol. The second kappa shape index (κ2) is 6.45. The first-order chi connectivity index (χ1) is 11.9. The number of benzene rings is 1. The van der Waals surface area contributed by atoms with E-state index in [1.54, 1.807) is 23.5 Å². The molecule has 7 heteroatoms. The van der Waals surface area contributed by atoms with E-state index in [0.717, 1.165) is 10.4 Å². The molecule has 0 unspecified atom stereocenters. The number of methoxy groups -OCH3 is 1. The fourth-order valence-corrected chi connectivity index (χ4v) is 3.43. The summed E-state index contributed by atoms with van der Waals surface area (Å²) in [5.41, 5.74) is 1.60. The molecule has 2 heterocycles. The van der Waals surface area contributed by atoms with Crippen LogP contribution < -0.4 is 4.74 Å². The number of thiophene rings is 1. The minimum atomic E-state index is -1.39. The third-order valence-electron chi connectivity index (χ3n) is 3.66. The van der Waals surface area contributed by atoms with Crippen molar-refractivity contribution in [2.75, 3.05) is 7.11 Å². The molecule has 6 nitrogen and oxygen atoms in total. The van der Waals surface area contributed by atoms with Gasteiger partial charge in [0.05, 0.1) is 12.7 Å². The predicted octanol–water partition coefficient (Wildman–Crippen LogP) is 4.39. The lowest BCUT2D eigenvalue weighted by atomic mass is 10.0. The Balaban J connectivity index is 2.12. The number of ether oxygens (including phenoxy) is 1. The van der Waals surface area contributed by atoms with Crippen molar-refractivity contribution in [3.8, 4) is 27.3 Å². The summed E-state index contributed by atoms with van der Waals surface area (Å²) in [5.74, 6) is -3.86. The standard InChI is InChI=1S/C18H14O6S/c1-9-3-8-12(25-9)10-4-6-11(7-5-10)13-14(23-2)16(18(21)22)24-15(13)17(19)20/h3-8H,1-2H3,(H,19,20)(H,21,22). The molecule has 3 aromatic rings. The largest absolute Gasteiger partial charge is 0.492 e. The van der Waals surface area contributed by atoms with E-state index in [0.29, 0.717) is 5.56 Å². The number of rotatable bonds is 5. The summed E-state index contributed by atoms with van der Waals surface area (Å²) in [4.78, 5) is 25.0. The van der Waals surface area contributed by atoms with Crippen LogP contribution in [0.5, 0.6) is 5.75 Å². The Kier molecular flexibility index (Phi) is 4.33. The average Bonchev–Trinajstić information content (AvgIpc) is 3.18. The molecule has 2 N–H and O–H groups in total. The van der Waals surface area contributed by atoms with Gasteiger partial charge in [-0.1, -0.05) is 24.3 Å². The van der Waals surface area contributed by atoms with E-state index >= 15 is 0 Å². The van der Waals surface area contributed by atoms with Crippen LogP contribution in [0.2, 0.25) is 0 Å². The maximum atomic E-state index is 11.4. The van der Waals surface area contributed by atoms with Crippen molar-refractivity contribution < 1.29 is 29.0 Å². The highest BCUT2D eigenvalue weighted by Gasteiger charge is 2.30. The Bertz CT molecular complexity index is 949. The van der Waals surface area contributed by atoms with Gasteiger partial charge in [-0.15, -0.1) is 11.3 Å². The monoisotopic (exact) mass is 358 g/mol. The predicted molar refractivity (Wildman–Crippen MR) is 92.7 cm³/mol. The fraction of sp³-hybridized carbons (Fsp3) is 0.111. The van der Waals surface area contributed by atoms with Gasteiger partial charge in [-0.05, 0) is 30.2 Å². The van der Waals surface area contributed by atoms with E-state index in [4.69, 9.17) is 9.15 Å². The molecule has 0 fully saturated rings. The molecule has 0 aliphatic rings. The van der Waals surface area contributed by atoms with Gasteiger partial charge >= 0.3 is 11.9 Å². The summed E-state index contributed by atoms with van der Waals surface area (Å²) < 4.78 is 10.1. The molecule has 0 aliphatic heterocycles. The van der Waals surface area contributed by atoms with Gasteiger partial charge in [0, 0.05) is 9.75 Å². The van der Waals surface area contributed by atoms with Crippen molar-refractivity contribution in [3.05, 3.63) is 52.8 Å². The van der Waals surface area contributed by atoms with Crippen molar-refractivity contribution >= 4 is 23.3 Å². The Morgan fingerprint density at radius 3 is 2.04 bits per heavy atom. The third-order valence-corrected chi connectivity index (χ3v) is 4.71. The fourth-order valence-electron chi connectivity index (χ4n) is 2.56. The maximum absolute atomic E-state index is 11.4. The highest BCUT2D eigenvalue weighted by atomic mass is 32.1. The summed E-state index contributed by atoms with van der Waals surface area (Å²) in [5, 5.41) is 18.5. The summed E-state index contributed by atoms with van der Waals surface area (Å²) in [6, 6.07) is 11.2. The zero-order valence-electron chi connectivity index (χ0n) is 13.4. The van der Waals surface area contributed by atoms with Crippen LogP contribution in [0.15, 0.2) is 40.8 Å². The van der Waals surface area contributed by atoms with Crippen LogP contribution in [0.25, 0.3) is 21.6 Å². The van der Waals surface area contributed by atoms with Gasteiger partial charge in [0.1, 0.15) is 0 Å². The highest BCUT2D eigenvalue weighted by Crippen LogP contribution is 2.40. The molecule has 0 amide bonds. The first-order valence-corrected chi connectivity index (χ1v) is 8.08. The van der Waals surface area contributed by atoms with E-state index in [9.17, 15) is 19.8 Å². The highest BCUT2D eigenvalue weighted by molar-refractivity contribution is 7.15. The lowest BCUT2D eigenvalue weighted by Gasteiger charge is -2.05. The zero-order valence-corrected chi connectivity index (χ0v) is 14.2. The summed E-state index contributed by atoms with van der Waals surface area (Å²) in [6.07, 6.45) is 0. The Morgan fingerprint density at radius 1 is 0.960 bits per heavy atom.